The fourth-order valence-electron chi connectivity index (χ4n) is 2.67. The van der Waals surface area contributed by atoms with E-state index >= 15 is 0 Å². The maximum atomic E-state index is 12.8. The van der Waals surface area contributed by atoms with Crippen molar-refractivity contribution in [2.24, 2.45) is 0 Å². The summed E-state index contributed by atoms with van der Waals surface area (Å²) in [5.74, 6) is -1.83. The summed E-state index contributed by atoms with van der Waals surface area (Å²) < 4.78 is 54.9. The summed E-state index contributed by atoms with van der Waals surface area (Å²) in [7, 11) is -7.61. The highest BCUT2D eigenvalue weighted by atomic mass is 35.5. The van der Waals surface area contributed by atoms with Crippen LogP contribution in [0.3, 0.4) is 0 Å². The first-order chi connectivity index (χ1) is 11.9. The zero-order valence-corrected chi connectivity index (χ0v) is 16.0. The van der Waals surface area contributed by atoms with Gasteiger partial charge >= 0.3 is 5.97 Å². The van der Waals surface area contributed by atoms with E-state index in [-0.39, 0.29) is 37.4 Å². The highest BCUT2D eigenvalue weighted by Gasteiger charge is 2.31. The highest BCUT2D eigenvalue weighted by Crippen LogP contribution is 2.44. The van der Waals surface area contributed by atoms with Gasteiger partial charge in [-0.1, -0.05) is 11.6 Å². The number of carbonyl (C=O) groups is 1. The molecule has 0 amide bonds. The SMILES string of the molecule is Cc1cc(C(=O)O)cc2c1Oc1c(Cl)cc(S(C)(=O)=O)cc1CS2(=O)=O. The molecule has 0 saturated heterocycles. The van der Waals surface area contributed by atoms with Crippen molar-refractivity contribution >= 4 is 37.2 Å². The number of benzene rings is 2. The third kappa shape index (κ3) is 3.17. The fraction of sp³-hybridized carbons (Fsp3) is 0.188. The Kier molecular flexibility index (Phi) is 4.29. The van der Waals surface area contributed by atoms with Crippen LogP contribution >= 0.6 is 11.6 Å². The minimum Gasteiger partial charge on any atom is -0.478 e. The van der Waals surface area contributed by atoms with E-state index in [2.05, 4.69) is 0 Å². The molecule has 138 valence electrons. The highest BCUT2D eigenvalue weighted by molar-refractivity contribution is 7.91. The van der Waals surface area contributed by atoms with E-state index in [9.17, 15) is 26.7 Å². The summed E-state index contributed by atoms with van der Waals surface area (Å²) in [6.45, 7) is 1.52. The van der Waals surface area contributed by atoms with Crippen molar-refractivity contribution < 1.29 is 31.5 Å². The van der Waals surface area contributed by atoms with E-state index in [1.54, 1.807) is 0 Å². The minimum absolute atomic E-state index is 0.0252. The maximum Gasteiger partial charge on any atom is 0.335 e. The number of halogens is 1. The van der Waals surface area contributed by atoms with Crippen LogP contribution in [0.1, 0.15) is 21.5 Å². The Morgan fingerprint density at radius 2 is 1.85 bits per heavy atom. The number of hydrogen-bond acceptors (Lipinski definition) is 6. The second-order valence-corrected chi connectivity index (χ2v) is 10.3. The smallest absolute Gasteiger partial charge is 0.335 e. The molecule has 26 heavy (non-hydrogen) atoms. The van der Waals surface area contributed by atoms with Crippen LogP contribution in [0.15, 0.2) is 34.1 Å². The first-order valence-corrected chi connectivity index (χ1v) is 11.1. The van der Waals surface area contributed by atoms with Gasteiger partial charge in [-0.15, -0.1) is 0 Å². The molecule has 0 aromatic heterocycles. The van der Waals surface area contributed by atoms with Crippen LogP contribution in [0.25, 0.3) is 0 Å². The molecule has 2 aromatic rings. The number of rotatable bonds is 2. The number of sulfone groups is 2. The van der Waals surface area contributed by atoms with Gasteiger partial charge in [0.2, 0.25) is 0 Å². The lowest BCUT2D eigenvalue weighted by molar-refractivity contribution is 0.0696. The standard InChI is InChI=1S/C16H13ClO7S2/c1-8-3-9(16(18)19)5-13-14(8)24-15-10(7-26(13,22)23)4-11(6-12(15)17)25(2,20)21/h3-6H,7H2,1-2H3,(H,18,19). The molecule has 2 aromatic carbocycles. The van der Waals surface area contributed by atoms with Gasteiger partial charge in [0, 0.05) is 11.8 Å². The number of hydrogen-bond donors (Lipinski definition) is 1. The van der Waals surface area contributed by atoms with Crippen molar-refractivity contribution in [3.63, 3.8) is 0 Å². The van der Waals surface area contributed by atoms with Gasteiger partial charge in [-0.05, 0) is 36.8 Å². The van der Waals surface area contributed by atoms with Crippen molar-refractivity contribution in [2.75, 3.05) is 6.26 Å². The van der Waals surface area contributed by atoms with Gasteiger partial charge < -0.3 is 9.84 Å². The number of aryl methyl sites for hydroxylation is 1. The lowest BCUT2D eigenvalue weighted by Gasteiger charge is -2.13. The van der Waals surface area contributed by atoms with Crippen LogP contribution < -0.4 is 4.74 Å². The Hall–Kier alpha value is -2.10. The van der Waals surface area contributed by atoms with E-state index in [1.165, 1.54) is 25.1 Å². The van der Waals surface area contributed by atoms with E-state index < -0.39 is 31.4 Å². The zero-order chi connectivity index (χ0) is 19.4. The predicted molar refractivity (Wildman–Crippen MR) is 93.7 cm³/mol. The average molecular weight is 417 g/mol. The molecule has 3 rings (SSSR count). The molecule has 10 heteroatoms. The molecular weight excluding hydrogens is 404 g/mol. The number of fused-ring (bicyclic) bond motifs is 2. The molecule has 1 N–H and O–H groups in total. The van der Waals surface area contributed by atoms with Crippen LogP contribution in [-0.2, 0) is 25.4 Å². The van der Waals surface area contributed by atoms with Crippen LogP contribution in [-0.4, -0.2) is 34.2 Å². The third-order valence-electron chi connectivity index (χ3n) is 3.89. The summed E-state index contributed by atoms with van der Waals surface area (Å²) in [6.07, 6.45) is 0.981. The molecule has 1 aliphatic rings. The molecule has 0 spiro atoms. The van der Waals surface area contributed by atoms with Crippen LogP contribution in [0.4, 0.5) is 0 Å². The molecule has 0 bridgehead atoms. The van der Waals surface area contributed by atoms with Crippen molar-refractivity contribution in [3.8, 4) is 11.5 Å². The number of ether oxygens (including phenoxy) is 1. The Labute approximate surface area is 155 Å². The van der Waals surface area contributed by atoms with Crippen LogP contribution in [0.5, 0.6) is 11.5 Å². The Bertz CT molecular complexity index is 1170. The summed E-state index contributed by atoms with van der Waals surface area (Å²) in [6, 6.07) is 4.71. The van der Waals surface area contributed by atoms with Crippen molar-refractivity contribution in [2.45, 2.75) is 22.5 Å². The summed E-state index contributed by atoms with van der Waals surface area (Å²) in [4.78, 5) is 10.8. The summed E-state index contributed by atoms with van der Waals surface area (Å²) >= 11 is 6.14. The van der Waals surface area contributed by atoms with Gasteiger partial charge in [-0.3, -0.25) is 0 Å². The van der Waals surface area contributed by atoms with Gasteiger partial charge in [0.1, 0.15) is 16.4 Å². The molecule has 1 aliphatic heterocycles. The summed E-state index contributed by atoms with van der Waals surface area (Å²) in [5.41, 5.74) is 0.201. The van der Waals surface area contributed by atoms with Crippen LogP contribution in [0, 0.1) is 6.92 Å². The number of carboxylic acid groups (broad SMARTS) is 1. The summed E-state index contributed by atoms with van der Waals surface area (Å²) in [5, 5.41) is 9.12. The van der Waals surface area contributed by atoms with Gasteiger partial charge in [-0.25, -0.2) is 21.6 Å². The lowest BCUT2D eigenvalue weighted by Crippen LogP contribution is -2.07. The number of carboxylic acids is 1. The third-order valence-corrected chi connectivity index (χ3v) is 6.93. The van der Waals surface area contributed by atoms with E-state index in [1.807, 2.05) is 0 Å². The van der Waals surface area contributed by atoms with Gasteiger partial charge in [-0.2, -0.15) is 0 Å². The molecule has 0 atom stereocenters. The second kappa shape index (κ2) is 5.97. The van der Waals surface area contributed by atoms with E-state index in [0.29, 0.717) is 5.56 Å². The molecule has 0 aliphatic carbocycles. The van der Waals surface area contributed by atoms with Crippen molar-refractivity contribution in [1.29, 1.82) is 0 Å². The molecule has 1 heterocycles. The largest absolute Gasteiger partial charge is 0.478 e. The first-order valence-electron chi connectivity index (χ1n) is 7.21. The minimum atomic E-state index is -3.99. The van der Waals surface area contributed by atoms with Gasteiger partial charge in [0.15, 0.2) is 19.7 Å². The Balaban J connectivity index is 2.32. The van der Waals surface area contributed by atoms with Gasteiger partial charge in [0.05, 0.1) is 21.2 Å². The Morgan fingerprint density at radius 1 is 1.19 bits per heavy atom. The van der Waals surface area contributed by atoms with Gasteiger partial charge in [0.25, 0.3) is 0 Å². The lowest BCUT2D eigenvalue weighted by atomic mass is 10.1. The zero-order valence-electron chi connectivity index (χ0n) is 13.6. The number of aromatic carboxylic acids is 1. The fourth-order valence-corrected chi connectivity index (χ4v) is 5.27. The molecular formula is C16H13ClO7S2. The molecule has 0 radical (unpaired) electrons. The normalized spacial score (nSPS) is 15.3. The maximum absolute atomic E-state index is 12.8. The Morgan fingerprint density at radius 3 is 2.42 bits per heavy atom. The van der Waals surface area contributed by atoms with Crippen molar-refractivity contribution in [3.05, 3.63) is 46.0 Å². The first kappa shape index (κ1) is 18.7. The molecule has 0 saturated carbocycles. The average Bonchev–Trinajstić information content (AvgIpc) is 2.60. The van der Waals surface area contributed by atoms with Crippen molar-refractivity contribution in [1.82, 2.24) is 0 Å². The quantitative estimate of drug-likeness (QED) is 0.800. The predicted octanol–water partition coefficient (Wildman–Crippen LogP) is 2.83. The molecule has 7 nitrogen and oxygen atoms in total. The monoisotopic (exact) mass is 416 g/mol. The van der Waals surface area contributed by atoms with E-state index in [4.69, 9.17) is 16.3 Å². The topological polar surface area (TPSA) is 115 Å². The van der Waals surface area contributed by atoms with E-state index in [0.717, 1.165) is 12.3 Å². The molecule has 0 fully saturated rings. The molecule has 0 unspecified atom stereocenters. The van der Waals surface area contributed by atoms with Crippen LogP contribution in [0.2, 0.25) is 5.02 Å². The second-order valence-electron chi connectivity index (χ2n) is 5.95.